The molecule has 2 aromatic rings. The fourth-order valence-corrected chi connectivity index (χ4v) is 4.96. The van der Waals surface area contributed by atoms with Crippen molar-refractivity contribution in [2.45, 2.75) is 29.6 Å². The number of nitrogens with zero attached hydrogens (tertiary/aromatic N) is 1. The van der Waals surface area contributed by atoms with E-state index in [0.29, 0.717) is 10.0 Å². The Balaban J connectivity index is 1.55. The normalized spacial score (nSPS) is 17.1. The molecular formula is C16H20ClN3O2S2. The van der Waals surface area contributed by atoms with Gasteiger partial charge in [0.15, 0.2) is 0 Å². The maximum Gasteiger partial charge on any atom is 0.247 e. The van der Waals surface area contributed by atoms with Gasteiger partial charge in [0.2, 0.25) is 10.0 Å². The van der Waals surface area contributed by atoms with Crippen molar-refractivity contribution >= 4 is 38.6 Å². The van der Waals surface area contributed by atoms with Crippen LogP contribution in [-0.4, -0.2) is 32.4 Å². The number of thiophene rings is 1. The second-order valence-corrected chi connectivity index (χ2v) is 9.42. The first-order chi connectivity index (χ1) is 11.4. The van der Waals surface area contributed by atoms with Crippen molar-refractivity contribution in [3.05, 3.63) is 46.3 Å². The van der Waals surface area contributed by atoms with Crippen molar-refractivity contribution in [3.63, 3.8) is 0 Å². The van der Waals surface area contributed by atoms with E-state index in [-0.39, 0.29) is 10.3 Å². The van der Waals surface area contributed by atoms with Crippen molar-refractivity contribution in [1.82, 2.24) is 4.90 Å². The molecule has 0 radical (unpaired) electrons. The van der Waals surface area contributed by atoms with E-state index < -0.39 is 10.0 Å². The number of benzene rings is 1. The number of nitrogens with two attached hydrogens (primary N) is 1. The van der Waals surface area contributed by atoms with E-state index in [0.717, 1.165) is 43.8 Å². The minimum Gasteiger partial charge on any atom is -0.380 e. The average Bonchev–Trinajstić information content (AvgIpc) is 2.92. The molecule has 0 bridgehead atoms. The first-order valence-electron chi connectivity index (χ1n) is 7.77. The summed E-state index contributed by atoms with van der Waals surface area (Å²) >= 11 is 7.12. The monoisotopic (exact) mass is 385 g/mol. The molecule has 130 valence electrons. The van der Waals surface area contributed by atoms with E-state index >= 15 is 0 Å². The second kappa shape index (κ2) is 7.41. The lowest BCUT2D eigenvalue weighted by Gasteiger charge is -2.32. The lowest BCUT2D eigenvalue weighted by Crippen LogP contribution is -2.38. The van der Waals surface area contributed by atoms with Crippen LogP contribution >= 0.6 is 22.9 Å². The van der Waals surface area contributed by atoms with Gasteiger partial charge in [0, 0.05) is 25.7 Å². The van der Waals surface area contributed by atoms with Crippen molar-refractivity contribution < 1.29 is 8.42 Å². The molecule has 1 aromatic heterocycles. The third-order valence-corrected chi connectivity index (χ3v) is 6.92. The smallest absolute Gasteiger partial charge is 0.247 e. The second-order valence-electron chi connectivity index (χ2n) is 5.98. The summed E-state index contributed by atoms with van der Waals surface area (Å²) in [5.41, 5.74) is 1.98. The summed E-state index contributed by atoms with van der Waals surface area (Å²) in [7, 11) is -3.70. The number of hydrogen-bond acceptors (Lipinski definition) is 5. The predicted molar refractivity (Wildman–Crippen MR) is 99.1 cm³/mol. The average molecular weight is 386 g/mol. The van der Waals surface area contributed by atoms with Gasteiger partial charge in [0.05, 0.1) is 5.69 Å². The number of rotatable bonds is 5. The van der Waals surface area contributed by atoms with E-state index in [1.807, 2.05) is 6.07 Å². The van der Waals surface area contributed by atoms with Gasteiger partial charge in [-0.25, -0.2) is 13.6 Å². The van der Waals surface area contributed by atoms with E-state index in [1.165, 1.54) is 11.6 Å². The molecule has 1 aliphatic heterocycles. The summed E-state index contributed by atoms with van der Waals surface area (Å²) in [5, 5.41) is 8.51. The zero-order chi connectivity index (χ0) is 17.2. The van der Waals surface area contributed by atoms with Crippen molar-refractivity contribution in [1.29, 1.82) is 0 Å². The molecule has 0 amide bonds. The van der Waals surface area contributed by atoms with Crippen molar-refractivity contribution in [2.24, 2.45) is 5.14 Å². The van der Waals surface area contributed by atoms with E-state index in [1.54, 1.807) is 0 Å². The minimum absolute atomic E-state index is 0.0940. The lowest BCUT2D eigenvalue weighted by molar-refractivity contribution is 0.211. The molecule has 0 aliphatic carbocycles. The Hall–Kier alpha value is -1.12. The fourth-order valence-electron chi connectivity index (χ4n) is 2.88. The zero-order valence-corrected chi connectivity index (χ0v) is 15.5. The molecular weight excluding hydrogens is 366 g/mol. The van der Waals surface area contributed by atoms with Gasteiger partial charge >= 0.3 is 0 Å². The third-order valence-electron chi connectivity index (χ3n) is 4.14. The standard InChI is InChI=1S/C16H20ClN3O2S2/c17-16-14(10-15(23-16)24(18,21)22)19-13-6-8-20(9-7-13)11-12-4-2-1-3-5-12/h1-5,10,13,19H,6-9,11H2,(H2,18,21,22). The predicted octanol–water partition coefficient (Wildman–Crippen LogP) is 3.13. The van der Waals surface area contributed by atoms with Gasteiger partial charge < -0.3 is 5.32 Å². The molecule has 1 aliphatic rings. The highest BCUT2D eigenvalue weighted by Crippen LogP contribution is 2.35. The number of hydrogen-bond donors (Lipinski definition) is 2. The van der Waals surface area contributed by atoms with Crippen LogP contribution in [0.1, 0.15) is 18.4 Å². The number of halogens is 1. The van der Waals surface area contributed by atoms with Crippen LogP contribution in [0, 0.1) is 0 Å². The highest BCUT2D eigenvalue weighted by atomic mass is 35.5. The molecule has 5 nitrogen and oxygen atoms in total. The maximum absolute atomic E-state index is 11.4. The highest BCUT2D eigenvalue weighted by Gasteiger charge is 2.22. The molecule has 3 N–H and O–H groups in total. The topological polar surface area (TPSA) is 75.4 Å². The number of nitrogens with one attached hydrogen (secondary N) is 1. The minimum atomic E-state index is -3.70. The quantitative estimate of drug-likeness (QED) is 0.829. The molecule has 3 rings (SSSR count). The van der Waals surface area contributed by atoms with Crippen molar-refractivity contribution in [3.8, 4) is 0 Å². The Labute approximate surface area is 151 Å². The molecule has 1 aromatic carbocycles. The first kappa shape index (κ1) is 17.7. The Bertz CT molecular complexity index is 785. The zero-order valence-electron chi connectivity index (χ0n) is 13.1. The van der Waals surface area contributed by atoms with Gasteiger partial charge in [-0.05, 0) is 24.5 Å². The number of piperidine rings is 1. The molecule has 0 saturated carbocycles. The SMILES string of the molecule is NS(=O)(=O)c1cc(NC2CCN(Cc3ccccc3)CC2)c(Cl)s1. The molecule has 2 heterocycles. The third kappa shape index (κ3) is 4.49. The Morgan fingerprint density at radius 3 is 2.50 bits per heavy atom. The fraction of sp³-hybridized carbons (Fsp3) is 0.375. The Kier molecular flexibility index (Phi) is 5.46. The summed E-state index contributed by atoms with van der Waals surface area (Å²) < 4.78 is 23.3. The number of anilines is 1. The molecule has 8 heteroatoms. The van der Waals surface area contributed by atoms with Crippen LogP contribution in [-0.2, 0) is 16.6 Å². The lowest BCUT2D eigenvalue weighted by atomic mass is 10.0. The van der Waals surface area contributed by atoms with Gasteiger partial charge in [-0.2, -0.15) is 0 Å². The molecule has 1 saturated heterocycles. The summed E-state index contributed by atoms with van der Waals surface area (Å²) in [5.74, 6) is 0. The van der Waals surface area contributed by atoms with E-state index in [4.69, 9.17) is 16.7 Å². The van der Waals surface area contributed by atoms with Crippen LogP contribution in [0.4, 0.5) is 5.69 Å². The molecule has 0 atom stereocenters. The summed E-state index contributed by atoms with van der Waals surface area (Å²) in [6, 6.07) is 12.3. The van der Waals surface area contributed by atoms with Gasteiger partial charge in [-0.1, -0.05) is 41.9 Å². The van der Waals surface area contributed by atoms with Crippen LogP contribution < -0.4 is 10.5 Å². The number of likely N-dealkylation sites (tertiary alicyclic amines) is 1. The Morgan fingerprint density at radius 1 is 1.25 bits per heavy atom. The van der Waals surface area contributed by atoms with E-state index in [2.05, 4.69) is 34.5 Å². The number of primary sulfonamides is 1. The summed E-state index contributed by atoms with van der Waals surface area (Å²) in [6.45, 7) is 2.95. The van der Waals surface area contributed by atoms with Gasteiger partial charge in [-0.3, -0.25) is 4.90 Å². The van der Waals surface area contributed by atoms with Crippen LogP contribution in [0.25, 0.3) is 0 Å². The maximum atomic E-state index is 11.4. The largest absolute Gasteiger partial charge is 0.380 e. The molecule has 24 heavy (non-hydrogen) atoms. The Morgan fingerprint density at radius 2 is 1.92 bits per heavy atom. The highest BCUT2D eigenvalue weighted by molar-refractivity contribution is 7.91. The van der Waals surface area contributed by atoms with Gasteiger partial charge in [0.25, 0.3) is 0 Å². The van der Waals surface area contributed by atoms with E-state index in [9.17, 15) is 8.42 Å². The number of sulfonamides is 1. The summed E-state index contributed by atoms with van der Waals surface area (Å²) in [4.78, 5) is 2.43. The van der Waals surface area contributed by atoms with Gasteiger partial charge in [-0.15, -0.1) is 11.3 Å². The molecule has 0 spiro atoms. The van der Waals surface area contributed by atoms with Crippen LogP contribution in [0.3, 0.4) is 0 Å². The first-order valence-corrected chi connectivity index (χ1v) is 10.5. The van der Waals surface area contributed by atoms with Crippen LogP contribution in [0.5, 0.6) is 0 Å². The van der Waals surface area contributed by atoms with Gasteiger partial charge in [0.1, 0.15) is 8.55 Å². The molecule has 1 fully saturated rings. The summed E-state index contributed by atoms with van der Waals surface area (Å²) in [6.07, 6.45) is 1.98. The van der Waals surface area contributed by atoms with Crippen LogP contribution in [0.2, 0.25) is 4.34 Å². The van der Waals surface area contributed by atoms with Crippen LogP contribution in [0.15, 0.2) is 40.6 Å². The van der Waals surface area contributed by atoms with Crippen molar-refractivity contribution in [2.75, 3.05) is 18.4 Å². The molecule has 0 unspecified atom stereocenters.